The molecule has 0 aliphatic rings. The second kappa shape index (κ2) is 8.30. The molecule has 1 N–H and O–H groups in total. The minimum Gasteiger partial charge on any atom is -0.484 e. The Morgan fingerprint density at radius 1 is 0.962 bits per heavy atom. The SMILES string of the molecule is CC(C)(C)C(=O)Nc1ccc(C(=O)COc2cc(Cl)c(Cl)cc2Cl)cc1. The van der Waals surface area contributed by atoms with E-state index in [1.54, 1.807) is 24.3 Å². The maximum Gasteiger partial charge on any atom is 0.229 e. The number of carbonyl (C=O) groups excluding carboxylic acids is 2. The molecular formula is C19H18Cl3NO3. The number of anilines is 1. The number of benzene rings is 2. The van der Waals surface area contributed by atoms with Crippen molar-refractivity contribution in [3.8, 4) is 5.75 Å². The van der Waals surface area contributed by atoms with Gasteiger partial charge in [-0.2, -0.15) is 0 Å². The molecule has 0 radical (unpaired) electrons. The van der Waals surface area contributed by atoms with Crippen molar-refractivity contribution in [3.63, 3.8) is 0 Å². The highest BCUT2D eigenvalue weighted by molar-refractivity contribution is 6.43. The molecule has 0 heterocycles. The van der Waals surface area contributed by atoms with E-state index in [0.717, 1.165) is 0 Å². The number of ether oxygens (including phenoxy) is 1. The molecule has 0 atom stereocenters. The Kier molecular flexibility index (Phi) is 6.56. The minimum atomic E-state index is -0.499. The van der Waals surface area contributed by atoms with E-state index < -0.39 is 5.41 Å². The van der Waals surface area contributed by atoms with Crippen LogP contribution in [0.15, 0.2) is 36.4 Å². The Hall–Kier alpha value is -1.75. The molecule has 1 amide bonds. The Morgan fingerprint density at radius 3 is 2.12 bits per heavy atom. The van der Waals surface area contributed by atoms with Crippen LogP contribution in [0.25, 0.3) is 0 Å². The van der Waals surface area contributed by atoms with E-state index in [0.29, 0.717) is 16.3 Å². The van der Waals surface area contributed by atoms with Crippen LogP contribution in [0, 0.1) is 5.41 Å². The van der Waals surface area contributed by atoms with Crippen LogP contribution in [-0.2, 0) is 4.79 Å². The van der Waals surface area contributed by atoms with Gasteiger partial charge in [-0.25, -0.2) is 0 Å². The third-order valence-electron chi connectivity index (χ3n) is 3.48. The van der Waals surface area contributed by atoms with Crippen molar-refractivity contribution < 1.29 is 14.3 Å². The van der Waals surface area contributed by atoms with Gasteiger partial charge in [-0.05, 0) is 30.3 Å². The second-order valence-corrected chi connectivity index (χ2v) is 7.91. The molecule has 0 bridgehead atoms. The molecular weight excluding hydrogens is 397 g/mol. The van der Waals surface area contributed by atoms with Crippen molar-refractivity contribution in [2.75, 3.05) is 11.9 Å². The molecule has 138 valence electrons. The number of rotatable bonds is 5. The number of halogens is 3. The highest BCUT2D eigenvalue weighted by Crippen LogP contribution is 2.33. The Balaban J connectivity index is 2.00. The molecule has 2 rings (SSSR count). The molecule has 0 aliphatic heterocycles. The summed E-state index contributed by atoms with van der Waals surface area (Å²) in [5.74, 6) is -0.0570. The van der Waals surface area contributed by atoms with Crippen LogP contribution in [0.5, 0.6) is 5.75 Å². The van der Waals surface area contributed by atoms with E-state index in [1.807, 2.05) is 20.8 Å². The summed E-state index contributed by atoms with van der Waals surface area (Å²) in [4.78, 5) is 24.2. The van der Waals surface area contributed by atoms with Crippen LogP contribution >= 0.6 is 34.8 Å². The summed E-state index contributed by atoms with van der Waals surface area (Å²) >= 11 is 17.8. The van der Waals surface area contributed by atoms with E-state index >= 15 is 0 Å². The molecule has 7 heteroatoms. The lowest BCUT2D eigenvalue weighted by Crippen LogP contribution is -2.27. The van der Waals surface area contributed by atoms with Crippen molar-refractivity contribution in [2.24, 2.45) is 5.41 Å². The number of amides is 1. The van der Waals surface area contributed by atoms with Crippen LogP contribution in [0.4, 0.5) is 5.69 Å². The lowest BCUT2D eigenvalue weighted by atomic mass is 9.95. The summed E-state index contributed by atoms with van der Waals surface area (Å²) < 4.78 is 5.43. The zero-order valence-corrected chi connectivity index (χ0v) is 16.8. The first-order valence-electron chi connectivity index (χ1n) is 7.80. The molecule has 4 nitrogen and oxygen atoms in total. The van der Waals surface area contributed by atoms with Crippen molar-refractivity contribution in [2.45, 2.75) is 20.8 Å². The van der Waals surface area contributed by atoms with Crippen molar-refractivity contribution >= 4 is 52.2 Å². The van der Waals surface area contributed by atoms with Crippen LogP contribution in [0.3, 0.4) is 0 Å². The van der Waals surface area contributed by atoms with Gasteiger partial charge in [0.1, 0.15) is 5.75 Å². The van der Waals surface area contributed by atoms with Crippen LogP contribution < -0.4 is 10.1 Å². The number of nitrogens with one attached hydrogen (secondary N) is 1. The Bertz CT molecular complexity index is 827. The number of carbonyl (C=O) groups is 2. The number of hydrogen-bond acceptors (Lipinski definition) is 3. The van der Waals surface area contributed by atoms with Crippen LogP contribution in [0.2, 0.25) is 15.1 Å². The predicted octanol–water partition coefficient (Wildman–Crippen LogP) is 5.89. The van der Waals surface area contributed by atoms with Gasteiger partial charge in [-0.15, -0.1) is 0 Å². The van der Waals surface area contributed by atoms with Crippen LogP contribution in [0.1, 0.15) is 31.1 Å². The number of hydrogen-bond donors (Lipinski definition) is 1. The third kappa shape index (κ3) is 5.37. The smallest absolute Gasteiger partial charge is 0.229 e. The Labute approximate surface area is 167 Å². The maximum absolute atomic E-state index is 12.3. The van der Waals surface area contributed by atoms with Gasteiger partial charge < -0.3 is 10.1 Å². The summed E-state index contributed by atoms with van der Waals surface area (Å²) in [6.45, 7) is 5.27. The molecule has 0 fully saturated rings. The highest BCUT2D eigenvalue weighted by Gasteiger charge is 2.21. The van der Waals surface area contributed by atoms with Crippen LogP contribution in [-0.4, -0.2) is 18.3 Å². The number of Topliss-reactive ketones (excluding diaryl/α,β-unsaturated/α-hetero) is 1. The summed E-state index contributed by atoms with van der Waals surface area (Å²) in [7, 11) is 0. The first kappa shape index (κ1) is 20.6. The van der Waals surface area contributed by atoms with Crippen molar-refractivity contribution in [3.05, 3.63) is 57.0 Å². The van der Waals surface area contributed by atoms with Gasteiger partial charge >= 0.3 is 0 Å². The van der Waals surface area contributed by atoms with Gasteiger partial charge in [-0.3, -0.25) is 9.59 Å². The summed E-state index contributed by atoms with van der Waals surface area (Å²) in [5.41, 5.74) is 0.575. The van der Waals surface area contributed by atoms with E-state index in [1.165, 1.54) is 12.1 Å². The van der Waals surface area contributed by atoms with E-state index in [4.69, 9.17) is 39.5 Å². The molecule has 0 spiro atoms. The zero-order valence-electron chi connectivity index (χ0n) is 14.5. The summed E-state index contributed by atoms with van der Waals surface area (Å²) in [6.07, 6.45) is 0. The topological polar surface area (TPSA) is 55.4 Å². The first-order valence-corrected chi connectivity index (χ1v) is 8.93. The summed E-state index contributed by atoms with van der Waals surface area (Å²) in [6, 6.07) is 9.51. The summed E-state index contributed by atoms with van der Waals surface area (Å²) in [5, 5.41) is 3.67. The highest BCUT2D eigenvalue weighted by atomic mass is 35.5. The van der Waals surface area contributed by atoms with Gasteiger partial charge in [0.25, 0.3) is 0 Å². The predicted molar refractivity (Wildman–Crippen MR) is 106 cm³/mol. The maximum atomic E-state index is 12.3. The molecule has 0 aliphatic carbocycles. The molecule has 2 aromatic carbocycles. The van der Waals surface area contributed by atoms with E-state index in [2.05, 4.69) is 5.32 Å². The van der Waals surface area contributed by atoms with Crippen molar-refractivity contribution in [1.29, 1.82) is 0 Å². The fraction of sp³-hybridized carbons (Fsp3) is 0.263. The normalized spacial score (nSPS) is 11.2. The first-order chi connectivity index (χ1) is 12.1. The molecule has 0 saturated heterocycles. The lowest BCUT2D eigenvalue weighted by molar-refractivity contribution is -0.123. The molecule has 0 saturated carbocycles. The van der Waals surface area contributed by atoms with Gasteiger partial charge in [0.05, 0.1) is 15.1 Å². The Morgan fingerprint density at radius 2 is 1.54 bits per heavy atom. The van der Waals surface area contributed by atoms with Gasteiger partial charge in [0, 0.05) is 22.7 Å². The molecule has 26 heavy (non-hydrogen) atoms. The van der Waals surface area contributed by atoms with E-state index in [9.17, 15) is 9.59 Å². The average Bonchev–Trinajstić information content (AvgIpc) is 2.56. The molecule has 0 unspecified atom stereocenters. The second-order valence-electron chi connectivity index (χ2n) is 6.69. The third-order valence-corrected chi connectivity index (χ3v) is 4.50. The van der Waals surface area contributed by atoms with Gasteiger partial charge in [0.15, 0.2) is 12.4 Å². The molecule has 2 aromatic rings. The minimum absolute atomic E-state index is 0.103. The monoisotopic (exact) mass is 413 g/mol. The average molecular weight is 415 g/mol. The number of ketones is 1. The standard InChI is InChI=1S/C19H18Cl3NO3/c1-19(2,3)18(25)23-12-6-4-11(5-7-12)16(24)10-26-17-9-14(21)13(20)8-15(17)22/h4-9H,10H2,1-3H3,(H,23,25). The van der Waals surface area contributed by atoms with Gasteiger partial charge in [-0.1, -0.05) is 55.6 Å². The largest absolute Gasteiger partial charge is 0.484 e. The quantitative estimate of drug-likeness (QED) is 0.490. The lowest BCUT2D eigenvalue weighted by Gasteiger charge is -2.17. The van der Waals surface area contributed by atoms with E-state index in [-0.39, 0.29) is 34.1 Å². The van der Waals surface area contributed by atoms with Gasteiger partial charge in [0.2, 0.25) is 5.91 Å². The zero-order chi connectivity index (χ0) is 19.5. The fourth-order valence-corrected chi connectivity index (χ4v) is 2.49. The fourth-order valence-electron chi connectivity index (χ4n) is 1.90. The van der Waals surface area contributed by atoms with Crippen molar-refractivity contribution in [1.82, 2.24) is 0 Å². The molecule has 0 aromatic heterocycles.